The predicted octanol–water partition coefficient (Wildman–Crippen LogP) is -0.237. The largest absolute Gasteiger partial charge is 0.394 e. The van der Waals surface area contributed by atoms with Crippen LogP contribution in [0.3, 0.4) is 0 Å². The molecule has 0 spiro atoms. The molecule has 0 radical (unpaired) electrons. The zero-order chi connectivity index (χ0) is 13.0. The van der Waals surface area contributed by atoms with Crippen molar-refractivity contribution in [2.24, 2.45) is 0 Å². The summed E-state index contributed by atoms with van der Waals surface area (Å²) in [5.41, 5.74) is 0. The van der Waals surface area contributed by atoms with Gasteiger partial charge in [-0.2, -0.15) is 0 Å². The molecular weight excluding hydrogens is 261 g/mol. The fraction of sp³-hybridized carbons (Fsp3) is 0.556. The number of aliphatic hydroxyl groups is 1. The number of rotatable bonds is 5. The van der Waals surface area contributed by atoms with Gasteiger partial charge >= 0.3 is 8.25 Å². The summed E-state index contributed by atoms with van der Waals surface area (Å²) in [6.45, 7) is -0.276. The Labute approximate surface area is 104 Å². The molecule has 1 aromatic rings. The lowest BCUT2D eigenvalue weighted by Crippen LogP contribution is -2.26. The second-order valence-electron chi connectivity index (χ2n) is 3.74. The number of aromatic nitrogens is 2. The molecule has 2 rings (SSSR count). The number of ether oxygens (including phenoxy) is 1. The molecule has 4 atom stereocenters. The van der Waals surface area contributed by atoms with Crippen molar-refractivity contribution in [1.82, 2.24) is 9.97 Å². The van der Waals surface area contributed by atoms with E-state index in [4.69, 9.17) is 19.3 Å². The normalized spacial score (nSPS) is 29.1. The Bertz CT molecular complexity index is 406. The van der Waals surface area contributed by atoms with E-state index in [9.17, 15) is 4.57 Å². The first-order valence-electron chi connectivity index (χ1n) is 5.37. The fourth-order valence-corrected chi connectivity index (χ4v) is 2.27. The maximum absolute atomic E-state index is 10.7. The second kappa shape index (κ2) is 6.21. The smallest absolute Gasteiger partial charge is 0.316 e. The van der Waals surface area contributed by atoms with Gasteiger partial charge in [-0.3, -0.25) is 4.57 Å². The summed E-state index contributed by atoms with van der Waals surface area (Å²) >= 11 is 0. The summed E-state index contributed by atoms with van der Waals surface area (Å²) < 4.78 is 20.9. The third kappa shape index (κ3) is 3.47. The van der Waals surface area contributed by atoms with E-state index in [0.29, 0.717) is 12.2 Å². The summed E-state index contributed by atoms with van der Waals surface area (Å²) in [6.07, 6.45) is 1.67. The maximum atomic E-state index is 10.7. The molecule has 100 valence electrons. The molecule has 8 nitrogen and oxygen atoms in total. The standard InChI is InChI=1S/C9H14N3O5P/c13-4-7-6(17-18(14)15)3-9(16-7)12-8-1-2-10-5-11-8/h1-2,5-7,9,13,18H,3-4H2,(H,14,15)(H,10,11,12)/t6-,7?,9+/m0/s1. The molecule has 2 heterocycles. The number of hydrogen-bond acceptors (Lipinski definition) is 7. The highest BCUT2D eigenvalue weighted by atomic mass is 31.1. The van der Waals surface area contributed by atoms with E-state index in [1.807, 2.05) is 0 Å². The van der Waals surface area contributed by atoms with Crippen molar-refractivity contribution in [3.05, 3.63) is 18.6 Å². The first kappa shape index (κ1) is 13.4. The summed E-state index contributed by atoms with van der Waals surface area (Å²) in [4.78, 5) is 16.5. The van der Waals surface area contributed by atoms with Crippen LogP contribution in [0.5, 0.6) is 0 Å². The molecule has 18 heavy (non-hydrogen) atoms. The van der Waals surface area contributed by atoms with Crippen LogP contribution < -0.4 is 5.32 Å². The van der Waals surface area contributed by atoms with Gasteiger partial charge in [-0.1, -0.05) is 0 Å². The van der Waals surface area contributed by atoms with Gasteiger partial charge in [0.15, 0.2) is 0 Å². The van der Waals surface area contributed by atoms with Crippen LogP contribution in [-0.4, -0.2) is 45.0 Å². The monoisotopic (exact) mass is 275 g/mol. The van der Waals surface area contributed by atoms with E-state index in [-0.39, 0.29) is 6.61 Å². The van der Waals surface area contributed by atoms with Crippen molar-refractivity contribution < 1.29 is 23.8 Å². The third-order valence-electron chi connectivity index (χ3n) is 2.52. The summed E-state index contributed by atoms with van der Waals surface area (Å²) in [7, 11) is -3.05. The number of nitrogens with one attached hydrogen (secondary N) is 1. The molecule has 9 heteroatoms. The van der Waals surface area contributed by atoms with E-state index >= 15 is 0 Å². The van der Waals surface area contributed by atoms with E-state index in [1.165, 1.54) is 6.33 Å². The Balaban J connectivity index is 1.94. The van der Waals surface area contributed by atoms with Gasteiger partial charge in [-0.05, 0) is 6.07 Å². The van der Waals surface area contributed by atoms with E-state index in [2.05, 4.69) is 15.3 Å². The average Bonchev–Trinajstić information content (AvgIpc) is 2.71. The van der Waals surface area contributed by atoms with Crippen LogP contribution in [0.15, 0.2) is 18.6 Å². The topological polar surface area (TPSA) is 114 Å². The summed E-state index contributed by atoms with van der Waals surface area (Å²) in [5.74, 6) is 0.573. The van der Waals surface area contributed by atoms with Gasteiger partial charge in [0, 0.05) is 12.6 Å². The highest BCUT2D eigenvalue weighted by Gasteiger charge is 2.36. The fourth-order valence-electron chi connectivity index (χ4n) is 1.77. The van der Waals surface area contributed by atoms with Crippen molar-refractivity contribution in [1.29, 1.82) is 0 Å². The molecule has 0 saturated carbocycles. The summed E-state index contributed by atoms with van der Waals surface area (Å²) in [6, 6.07) is 1.67. The van der Waals surface area contributed by atoms with E-state index < -0.39 is 26.7 Å². The van der Waals surface area contributed by atoms with Crippen LogP contribution in [0.25, 0.3) is 0 Å². The third-order valence-corrected chi connectivity index (χ3v) is 3.03. The summed E-state index contributed by atoms with van der Waals surface area (Å²) in [5, 5.41) is 12.1. The van der Waals surface area contributed by atoms with Gasteiger partial charge in [0.25, 0.3) is 0 Å². The first-order chi connectivity index (χ1) is 8.69. The van der Waals surface area contributed by atoms with Gasteiger partial charge < -0.3 is 24.6 Å². The van der Waals surface area contributed by atoms with Gasteiger partial charge in [-0.25, -0.2) is 9.97 Å². The van der Waals surface area contributed by atoms with Crippen LogP contribution in [0.2, 0.25) is 0 Å². The Morgan fingerprint density at radius 3 is 3.11 bits per heavy atom. The minimum Gasteiger partial charge on any atom is -0.394 e. The first-order valence-corrected chi connectivity index (χ1v) is 6.64. The maximum Gasteiger partial charge on any atom is 0.316 e. The molecule has 0 amide bonds. The van der Waals surface area contributed by atoms with Gasteiger partial charge in [-0.15, -0.1) is 0 Å². The minimum atomic E-state index is -3.05. The molecule has 1 aliphatic rings. The van der Waals surface area contributed by atoms with Crippen molar-refractivity contribution >= 4 is 14.1 Å². The molecular formula is C9H14N3O5P. The SMILES string of the molecule is O=[PH](O)O[C@H]1C[C@H](Nc2ccncn2)OC1CO. The van der Waals surface area contributed by atoms with Gasteiger partial charge in [0.1, 0.15) is 24.5 Å². The highest BCUT2D eigenvalue weighted by Crippen LogP contribution is 2.30. The molecule has 1 aliphatic heterocycles. The molecule has 0 bridgehead atoms. The number of hydrogen-bond donors (Lipinski definition) is 3. The lowest BCUT2D eigenvalue weighted by molar-refractivity contribution is -0.00894. The van der Waals surface area contributed by atoms with E-state index in [0.717, 1.165) is 0 Å². The Hall–Kier alpha value is -1.05. The molecule has 1 saturated heterocycles. The van der Waals surface area contributed by atoms with Gasteiger partial charge in [0.05, 0.1) is 12.7 Å². The molecule has 2 unspecified atom stereocenters. The Morgan fingerprint density at radius 2 is 2.50 bits per heavy atom. The lowest BCUT2D eigenvalue weighted by atomic mass is 10.2. The molecule has 1 fully saturated rings. The highest BCUT2D eigenvalue weighted by molar-refractivity contribution is 7.32. The molecule has 0 aliphatic carbocycles. The number of anilines is 1. The molecule has 0 aromatic carbocycles. The molecule has 3 N–H and O–H groups in total. The van der Waals surface area contributed by atoms with Gasteiger partial charge in [0.2, 0.25) is 0 Å². The predicted molar refractivity (Wildman–Crippen MR) is 62.1 cm³/mol. The van der Waals surface area contributed by atoms with Crippen LogP contribution in [0, 0.1) is 0 Å². The van der Waals surface area contributed by atoms with Crippen LogP contribution >= 0.6 is 8.25 Å². The lowest BCUT2D eigenvalue weighted by Gasteiger charge is -2.14. The van der Waals surface area contributed by atoms with E-state index in [1.54, 1.807) is 12.3 Å². The van der Waals surface area contributed by atoms with Crippen LogP contribution in [0.1, 0.15) is 6.42 Å². The van der Waals surface area contributed by atoms with Crippen molar-refractivity contribution in [3.8, 4) is 0 Å². The average molecular weight is 275 g/mol. The minimum absolute atomic E-state index is 0.276. The van der Waals surface area contributed by atoms with Crippen molar-refractivity contribution in [2.75, 3.05) is 11.9 Å². The number of nitrogens with zero attached hydrogens (tertiary/aromatic N) is 2. The van der Waals surface area contributed by atoms with Crippen LogP contribution in [-0.2, 0) is 13.8 Å². The zero-order valence-electron chi connectivity index (χ0n) is 9.39. The zero-order valence-corrected chi connectivity index (χ0v) is 10.4. The number of aliphatic hydroxyl groups excluding tert-OH is 1. The second-order valence-corrected chi connectivity index (χ2v) is 4.51. The van der Waals surface area contributed by atoms with Crippen LogP contribution in [0.4, 0.5) is 5.82 Å². The Morgan fingerprint density at radius 1 is 1.67 bits per heavy atom. The quantitative estimate of drug-likeness (QED) is 0.631. The van der Waals surface area contributed by atoms with Crippen molar-refractivity contribution in [3.63, 3.8) is 0 Å². The Kier molecular flexibility index (Phi) is 4.62. The van der Waals surface area contributed by atoms with Crippen molar-refractivity contribution in [2.45, 2.75) is 24.9 Å². The molecule has 1 aromatic heterocycles.